The fourth-order valence-electron chi connectivity index (χ4n) is 2.52. The molecule has 3 N–H and O–H groups in total. The molecule has 0 aliphatic heterocycles. The highest BCUT2D eigenvalue weighted by molar-refractivity contribution is 5.89. The summed E-state index contributed by atoms with van der Waals surface area (Å²) in [5, 5.41) is 12.8. The predicted molar refractivity (Wildman–Crippen MR) is 76.1 cm³/mol. The van der Waals surface area contributed by atoms with Gasteiger partial charge in [-0.2, -0.15) is 19.4 Å². The van der Waals surface area contributed by atoms with Crippen molar-refractivity contribution in [2.24, 2.45) is 0 Å². The van der Waals surface area contributed by atoms with Crippen molar-refractivity contribution in [3.8, 4) is 5.88 Å². The lowest BCUT2D eigenvalue weighted by Crippen LogP contribution is -2.73. The molecule has 0 saturated heterocycles. The highest BCUT2D eigenvalue weighted by Crippen LogP contribution is 2.37. The minimum atomic E-state index is -2.91. The average Bonchev–Trinajstić information content (AvgIpc) is 2.97. The molecule has 2 aromatic rings. The van der Waals surface area contributed by atoms with Crippen LogP contribution in [0.2, 0.25) is 0 Å². The predicted octanol–water partition coefficient (Wildman–Crippen LogP) is 1.63. The van der Waals surface area contributed by atoms with E-state index in [4.69, 9.17) is 9.94 Å². The van der Waals surface area contributed by atoms with Gasteiger partial charge < -0.3 is 9.47 Å². The smallest absolute Gasteiger partial charge is 0.388 e. The molecular formula is C15H16F2N3O4+. The maximum atomic E-state index is 12.3. The zero-order valence-corrected chi connectivity index (χ0v) is 12.5. The Labute approximate surface area is 135 Å². The molecule has 1 saturated carbocycles. The maximum Gasteiger partial charge on any atom is 0.388 e. The number of hydrogen-bond donors (Lipinski definition) is 2. The van der Waals surface area contributed by atoms with Crippen LogP contribution in [0.5, 0.6) is 5.88 Å². The number of nitrogens with zero attached hydrogens (tertiary/aromatic N) is 2. The maximum absolute atomic E-state index is 12.3. The fraction of sp³-hybridized carbons (Fsp3) is 0.333. The minimum absolute atomic E-state index is 0.00406. The van der Waals surface area contributed by atoms with Crippen LogP contribution < -0.4 is 10.2 Å². The van der Waals surface area contributed by atoms with Crippen LogP contribution in [0.1, 0.15) is 29.2 Å². The summed E-state index contributed by atoms with van der Waals surface area (Å²) in [6.45, 7) is -2.91. The summed E-state index contributed by atoms with van der Waals surface area (Å²) < 4.78 is 35.7. The van der Waals surface area contributed by atoms with E-state index in [1.165, 1.54) is 16.9 Å². The van der Waals surface area contributed by atoms with Crippen LogP contribution in [0.15, 0.2) is 36.5 Å². The fourth-order valence-corrected chi connectivity index (χ4v) is 2.52. The van der Waals surface area contributed by atoms with Crippen molar-refractivity contribution >= 4 is 11.7 Å². The van der Waals surface area contributed by atoms with E-state index in [0.717, 1.165) is 5.48 Å². The summed E-state index contributed by atoms with van der Waals surface area (Å²) >= 11 is 0. The number of hydrogen-bond acceptors (Lipinski definition) is 5. The number of halogens is 2. The Hall–Kier alpha value is -2.52. The van der Waals surface area contributed by atoms with Crippen molar-refractivity contribution in [1.82, 2.24) is 9.78 Å². The van der Waals surface area contributed by atoms with Gasteiger partial charge in [0.25, 0.3) is 0 Å². The van der Waals surface area contributed by atoms with Crippen molar-refractivity contribution in [2.45, 2.75) is 31.6 Å². The topological polar surface area (TPSA) is 90.2 Å². The number of aromatic nitrogens is 2. The van der Waals surface area contributed by atoms with E-state index < -0.39 is 12.6 Å². The van der Waals surface area contributed by atoms with Gasteiger partial charge in [0.15, 0.2) is 5.69 Å². The van der Waals surface area contributed by atoms with Crippen LogP contribution in [0.25, 0.3) is 0 Å². The molecular weight excluding hydrogens is 324 g/mol. The number of benzene rings is 1. The second kappa shape index (κ2) is 6.93. The third kappa shape index (κ3) is 3.52. The molecule has 1 aromatic heterocycles. The average molecular weight is 340 g/mol. The first kappa shape index (κ1) is 16.3. The minimum Gasteiger partial charge on any atom is -0.459 e. The molecule has 1 aromatic carbocycles. The summed E-state index contributed by atoms with van der Waals surface area (Å²) in [6.07, 6.45) is 2.05. The van der Waals surface area contributed by atoms with Gasteiger partial charge in [0, 0.05) is 31.0 Å². The SMILES string of the molecule is O=C(OC1CC(n2nccc2OC(F)F)C1)c1ccc([NH2+]O)cc1. The summed E-state index contributed by atoms with van der Waals surface area (Å²) in [5.41, 5.74) is 1.90. The van der Waals surface area contributed by atoms with E-state index in [9.17, 15) is 13.6 Å². The molecule has 0 atom stereocenters. The van der Waals surface area contributed by atoms with Crippen molar-refractivity contribution in [3.63, 3.8) is 0 Å². The Balaban J connectivity index is 1.53. The number of carbonyl (C=O) groups is 1. The second-order valence-electron chi connectivity index (χ2n) is 5.40. The standard InChI is InChI=1S/C15H15F2N3O4/c16-15(17)24-13-5-6-18-20(13)11-7-12(8-11)23-14(21)9-1-3-10(19-22)4-2-9/h1-6,11-12,15,19,22H,7-8H2/p+1. The number of alkyl halides is 2. The van der Waals surface area contributed by atoms with Crippen LogP contribution >= 0.6 is 0 Å². The molecule has 0 radical (unpaired) electrons. The van der Waals surface area contributed by atoms with Gasteiger partial charge in [-0.25, -0.2) is 14.7 Å². The Morgan fingerprint density at radius 3 is 2.62 bits per heavy atom. The highest BCUT2D eigenvalue weighted by atomic mass is 19.3. The van der Waals surface area contributed by atoms with E-state index in [2.05, 4.69) is 9.84 Å². The second-order valence-corrected chi connectivity index (χ2v) is 5.40. The van der Waals surface area contributed by atoms with Crippen LogP contribution in [0.3, 0.4) is 0 Å². The van der Waals surface area contributed by atoms with Crippen molar-refractivity contribution in [3.05, 3.63) is 42.1 Å². The van der Waals surface area contributed by atoms with E-state index >= 15 is 0 Å². The summed E-state index contributed by atoms with van der Waals surface area (Å²) in [5.74, 6) is -0.469. The first-order chi connectivity index (χ1) is 11.6. The number of quaternary nitrogens is 1. The van der Waals surface area contributed by atoms with Gasteiger partial charge in [0.05, 0.1) is 17.8 Å². The first-order valence-electron chi connectivity index (χ1n) is 7.33. The quantitative estimate of drug-likeness (QED) is 0.474. The normalized spacial score (nSPS) is 19.8. The van der Waals surface area contributed by atoms with Gasteiger partial charge >= 0.3 is 12.6 Å². The molecule has 128 valence electrons. The molecule has 0 amide bonds. The van der Waals surface area contributed by atoms with E-state index in [1.807, 2.05) is 0 Å². The number of carbonyl (C=O) groups excluding carboxylic acids is 1. The lowest BCUT2D eigenvalue weighted by atomic mass is 9.89. The number of esters is 1. The van der Waals surface area contributed by atoms with Crippen molar-refractivity contribution in [1.29, 1.82) is 0 Å². The lowest BCUT2D eigenvalue weighted by Gasteiger charge is -2.35. The third-order valence-corrected chi connectivity index (χ3v) is 3.83. The Morgan fingerprint density at radius 2 is 2.00 bits per heavy atom. The molecule has 1 aliphatic rings. The van der Waals surface area contributed by atoms with Crippen LogP contribution in [0.4, 0.5) is 14.5 Å². The molecule has 1 fully saturated rings. The summed E-state index contributed by atoms with van der Waals surface area (Å²) in [7, 11) is 0. The summed E-state index contributed by atoms with van der Waals surface area (Å²) in [6, 6.07) is 7.53. The van der Waals surface area contributed by atoms with Crippen molar-refractivity contribution in [2.75, 3.05) is 0 Å². The molecule has 0 spiro atoms. The zero-order valence-electron chi connectivity index (χ0n) is 12.5. The van der Waals surface area contributed by atoms with Gasteiger partial charge in [0.1, 0.15) is 6.10 Å². The number of nitrogens with two attached hydrogens (primary N) is 1. The van der Waals surface area contributed by atoms with E-state index in [1.54, 1.807) is 24.3 Å². The van der Waals surface area contributed by atoms with Crippen LogP contribution in [-0.2, 0) is 4.74 Å². The van der Waals surface area contributed by atoms with Gasteiger partial charge in [-0.1, -0.05) is 0 Å². The van der Waals surface area contributed by atoms with Crippen LogP contribution in [0, 0.1) is 0 Å². The van der Waals surface area contributed by atoms with Gasteiger partial charge in [0.2, 0.25) is 5.88 Å². The molecule has 3 rings (SSSR count). The molecule has 24 heavy (non-hydrogen) atoms. The molecule has 1 heterocycles. The lowest BCUT2D eigenvalue weighted by molar-refractivity contribution is -0.825. The Morgan fingerprint density at radius 1 is 1.29 bits per heavy atom. The van der Waals surface area contributed by atoms with Gasteiger partial charge in [-0.05, 0) is 12.1 Å². The molecule has 0 bridgehead atoms. The number of rotatable bonds is 6. The van der Waals surface area contributed by atoms with Gasteiger partial charge in [-0.15, -0.1) is 0 Å². The molecule has 1 aliphatic carbocycles. The van der Waals surface area contributed by atoms with E-state index in [0.29, 0.717) is 24.1 Å². The molecule has 9 heteroatoms. The zero-order chi connectivity index (χ0) is 17.1. The Kier molecular flexibility index (Phi) is 4.72. The van der Waals surface area contributed by atoms with Gasteiger partial charge in [-0.3, -0.25) is 0 Å². The first-order valence-corrected chi connectivity index (χ1v) is 7.33. The largest absolute Gasteiger partial charge is 0.459 e. The highest BCUT2D eigenvalue weighted by Gasteiger charge is 2.35. The van der Waals surface area contributed by atoms with Crippen molar-refractivity contribution < 1.29 is 33.7 Å². The molecule has 0 unspecified atom stereocenters. The summed E-state index contributed by atoms with van der Waals surface area (Å²) in [4.78, 5) is 12.0. The Bertz CT molecular complexity index is 699. The monoisotopic (exact) mass is 340 g/mol. The van der Waals surface area contributed by atoms with Crippen LogP contribution in [-0.4, -0.2) is 33.7 Å². The molecule has 7 nitrogen and oxygen atoms in total. The third-order valence-electron chi connectivity index (χ3n) is 3.83. The van der Waals surface area contributed by atoms with E-state index in [-0.39, 0.29) is 18.0 Å². The number of ether oxygens (including phenoxy) is 2.